The van der Waals surface area contributed by atoms with Gasteiger partial charge in [0.15, 0.2) is 0 Å². The minimum Gasteiger partial charge on any atom is -0.366 e. The Balaban J connectivity index is 2.19. The van der Waals surface area contributed by atoms with Gasteiger partial charge in [-0.15, -0.1) is 0 Å². The zero-order chi connectivity index (χ0) is 17.2. The van der Waals surface area contributed by atoms with E-state index in [0.717, 1.165) is 5.56 Å². The van der Waals surface area contributed by atoms with E-state index in [9.17, 15) is 9.59 Å². The minimum atomic E-state index is -0.638. The van der Waals surface area contributed by atoms with Crippen molar-refractivity contribution in [2.45, 2.75) is 26.2 Å². The molecule has 0 spiro atoms. The number of carbonyl (C=O) groups excluding carboxylic acids is 2. The molecule has 0 fully saturated rings. The van der Waals surface area contributed by atoms with Gasteiger partial charge in [0.05, 0.1) is 10.6 Å². The lowest BCUT2D eigenvalue weighted by Gasteiger charge is -2.19. The fourth-order valence-electron chi connectivity index (χ4n) is 2.12. The average Bonchev–Trinajstić information content (AvgIpc) is 2.48. The van der Waals surface area contributed by atoms with Gasteiger partial charge in [0.25, 0.3) is 5.91 Å². The molecule has 2 rings (SSSR count). The van der Waals surface area contributed by atoms with Crippen LogP contribution in [0.25, 0.3) is 0 Å². The third kappa shape index (κ3) is 4.11. The Morgan fingerprint density at radius 2 is 1.65 bits per heavy atom. The number of benzene rings is 2. The zero-order valence-corrected chi connectivity index (χ0v) is 14.1. The van der Waals surface area contributed by atoms with Crippen LogP contribution in [-0.4, -0.2) is 11.8 Å². The smallest absolute Gasteiger partial charge is 0.255 e. The van der Waals surface area contributed by atoms with Crippen LogP contribution in [0.15, 0.2) is 42.5 Å². The SMILES string of the molecule is CC(C)(C)c1ccc(C(=O)Nc2ccc(Cl)c(C(N)=O)c2)cc1. The first-order valence-electron chi connectivity index (χ1n) is 7.20. The number of hydrogen-bond acceptors (Lipinski definition) is 2. The van der Waals surface area contributed by atoms with E-state index in [2.05, 4.69) is 26.1 Å². The first-order chi connectivity index (χ1) is 10.7. The van der Waals surface area contributed by atoms with Crippen molar-refractivity contribution in [3.05, 3.63) is 64.2 Å². The molecule has 2 aromatic carbocycles. The lowest BCUT2D eigenvalue weighted by Crippen LogP contribution is -2.16. The van der Waals surface area contributed by atoms with E-state index in [4.69, 9.17) is 17.3 Å². The third-order valence-electron chi connectivity index (χ3n) is 3.50. The number of primary amides is 1. The van der Waals surface area contributed by atoms with Gasteiger partial charge >= 0.3 is 0 Å². The van der Waals surface area contributed by atoms with Crippen molar-refractivity contribution in [1.29, 1.82) is 0 Å². The van der Waals surface area contributed by atoms with Crippen molar-refractivity contribution >= 4 is 29.1 Å². The molecule has 0 aromatic heterocycles. The number of rotatable bonds is 3. The van der Waals surface area contributed by atoms with Gasteiger partial charge in [0, 0.05) is 11.3 Å². The quantitative estimate of drug-likeness (QED) is 0.893. The normalized spacial score (nSPS) is 11.1. The van der Waals surface area contributed by atoms with Crippen molar-refractivity contribution in [3.63, 3.8) is 0 Å². The van der Waals surface area contributed by atoms with E-state index >= 15 is 0 Å². The predicted molar refractivity (Wildman–Crippen MR) is 93.1 cm³/mol. The molecular formula is C18H19ClN2O2. The summed E-state index contributed by atoms with van der Waals surface area (Å²) >= 11 is 5.89. The highest BCUT2D eigenvalue weighted by Gasteiger charge is 2.15. The number of carbonyl (C=O) groups is 2. The Morgan fingerprint density at radius 1 is 1.04 bits per heavy atom. The highest BCUT2D eigenvalue weighted by molar-refractivity contribution is 6.34. The maximum Gasteiger partial charge on any atom is 0.255 e. The van der Waals surface area contributed by atoms with Gasteiger partial charge in [-0.3, -0.25) is 9.59 Å². The van der Waals surface area contributed by atoms with Crippen LogP contribution in [0.2, 0.25) is 5.02 Å². The number of hydrogen-bond donors (Lipinski definition) is 2. The fraction of sp³-hybridized carbons (Fsp3) is 0.222. The number of amides is 2. The average molecular weight is 331 g/mol. The summed E-state index contributed by atoms with van der Waals surface area (Å²) in [7, 11) is 0. The number of halogens is 1. The number of nitrogens with one attached hydrogen (secondary N) is 1. The summed E-state index contributed by atoms with van der Waals surface area (Å²) in [5, 5.41) is 2.99. The summed E-state index contributed by atoms with van der Waals surface area (Å²) in [6.45, 7) is 6.34. The van der Waals surface area contributed by atoms with E-state index in [-0.39, 0.29) is 21.9 Å². The molecule has 0 bridgehead atoms. The second-order valence-corrected chi connectivity index (χ2v) is 6.75. The van der Waals surface area contributed by atoms with E-state index in [1.165, 1.54) is 12.1 Å². The maximum atomic E-state index is 12.3. The molecule has 0 aliphatic rings. The fourth-order valence-corrected chi connectivity index (χ4v) is 2.33. The Kier molecular flexibility index (Phi) is 4.76. The summed E-state index contributed by atoms with van der Waals surface area (Å²) < 4.78 is 0. The van der Waals surface area contributed by atoms with Gasteiger partial charge in [-0.1, -0.05) is 44.5 Å². The molecule has 0 radical (unpaired) electrons. The van der Waals surface area contributed by atoms with Crippen molar-refractivity contribution < 1.29 is 9.59 Å². The summed E-state index contributed by atoms with van der Waals surface area (Å²) in [4.78, 5) is 23.6. The van der Waals surface area contributed by atoms with Gasteiger partial charge in [-0.25, -0.2) is 0 Å². The molecule has 0 saturated heterocycles. The second kappa shape index (κ2) is 6.42. The summed E-state index contributed by atoms with van der Waals surface area (Å²) in [6.07, 6.45) is 0. The van der Waals surface area contributed by atoms with Crippen LogP contribution in [-0.2, 0) is 5.41 Å². The molecule has 120 valence electrons. The Labute approximate surface area is 140 Å². The van der Waals surface area contributed by atoms with Crippen molar-refractivity contribution in [1.82, 2.24) is 0 Å². The molecule has 0 atom stereocenters. The molecule has 0 aliphatic carbocycles. The molecule has 0 aliphatic heterocycles. The molecule has 0 unspecified atom stereocenters. The molecule has 3 N–H and O–H groups in total. The van der Waals surface area contributed by atoms with Crippen LogP contribution in [0.4, 0.5) is 5.69 Å². The van der Waals surface area contributed by atoms with Crippen molar-refractivity contribution in [2.75, 3.05) is 5.32 Å². The largest absolute Gasteiger partial charge is 0.366 e. The highest BCUT2D eigenvalue weighted by Crippen LogP contribution is 2.23. The lowest BCUT2D eigenvalue weighted by molar-refractivity contribution is 0.0996. The molecule has 5 heteroatoms. The minimum absolute atomic E-state index is 0.0293. The lowest BCUT2D eigenvalue weighted by atomic mass is 9.87. The van der Waals surface area contributed by atoms with Crippen LogP contribution < -0.4 is 11.1 Å². The van der Waals surface area contributed by atoms with Gasteiger partial charge in [0.2, 0.25) is 5.91 Å². The van der Waals surface area contributed by atoms with Gasteiger partial charge in [-0.2, -0.15) is 0 Å². The van der Waals surface area contributed by atoms with E-state index in [1.54, 1.807) is 18.2 Å². The third-order valence-corrected chi connectivity index (χ3v) is 3.83. The molecule has 0 heterocycles. The van der Waals surface area contributed by atoms with Crippen LogP contribution in [0.1, 0.15) is 47.1 Å². The Morgan fingerprint density at radius 3 is 2.17 bits per heavy atom. The van der Waals surface area contributed by atoms with Crippen molar-refractivity contribution in [2.24, 2.45) is 5.73 Å². The standard InChI is InChI=1S/C18H19ClN2O2/c1-18(2,3)12-6-4-11(5-7-12)17(23)21-13-8-9-15(19)14(10-13)16(20)22/h4-10H,1-3H3,(H2,20,22)(H,21,23). The van der Waals surface area contributed by atoms with Gasteiger partial charge in [-0.05, 0) is 41.3 Å². The van der Waals surface area contributed by atoms with Crippen LogP contribution >= 0.6 is 11.6 Å². The van der Waals surface area contributed by atoms with Crippen LogP contribution in [0.5, 0.6) is 0 Å². The summed E-state index contributed by atoms with van der Waals surface area (Å²) in [5.41, 5.74) is 7.60. The molecule has 2 amide bonds. The first-order valence-corrected chi connectivity index (χ1v) is 7.57. The topological polar surface area (TPSA) is 72.2 Å². The number of nitrogens with two attached hydrogens (primary N) is 1. The Bertz CT molecular complexity index is 747. The van der Waals surface area contributed by atoms with Gasteiger partial charge < -0.3 is 11.1 Å². The van der Waals surface area contributed by atoms with Crippen molar-refractivity contribution in [3.8, 4) is 0 Å². The molecule has 2 aromatic rings. The monoisotopic (exact) mass is 330 g/mol. The van der Waals surface area contributed by atoms with E-state index in [1.807, 2.05) is 12.1 Å². The molecule has 4 nitrogen and oxygen atoms in total. The number of anilines is 1. The summed E-state index contributed by atoms with van der Waals surface area (Å²) in [5.74, 6) is -0.899. The first kappa shape index (κ1) is 17.0. The molecule has 0 saturated carbocycles. The zero-order valence-electron chi connectivity index (χ0n) is 13.3. The highest BCUT2D eigenvalue weighted by atomic mass is 35.5. The second-order valence-electron chi connectivity index (χ2n) is 6.34. The van der Waals surface area contributed by atoms with Gasteiger partial charge in [0.1, 0.15) is 0 Å². The predicted octanol–water partition coefficient (Wildman–Crippen LogP) is 3.99. The molecule has 23 heavy (non-hydrogen) atoms. The Hall–Kier alpha value is -2.33. The van der Waals surface area contributed by atoms with Crippen LogP contribution in [0.3, 0.4) is 0 Å². The van der Waals surface area contributed by atoms with E-state index in [0.29, 0.717) is 11.3 Å². The van der Waals surface area contributed by atoms with E-state index < -0.39 is 5.91 Å². The maximum absolute atomic E-state index is 12.3. The summed E-state index contributed by atoms with van der Waals surface area (Å²) in [6, 6.07) is 12.0. The molecular weight excluding hydrogens is 312 g/mol. The van der Waals surface area contributed by atoms with Crippen LogP contribution in [0, 0.1) is 0 Å².